The number of carbonyl (C=O) groups excluding carboxylic acids is 1. The molecule has 0 rings (SSSR count). The molecule has 0 heterocycles. The van der Waals surface area contributed by atoms with Gasteiger partial charge in [-0.1, -0.05) is 122 Å². The molecule has 0 aliphatic rings. The summed E-state index contributed by atoms with van der Waals surface area (Å²) in [6.07, 6.45) is 25.2. The Hall–Kier alpha value is -1.63. The van der Waals surface area contributed by atoms with Gasteiger partial charge in [0.05, 0.1) is 12.5 Å². The molecular weight excluding hydrogens is 446 g/mol. The lowest BCUT2D eigenvalue weighted by Gasteiger charge is -2.36. The van der Waals surface area contributed by atoms with E-state index in [-0.39, 0.29) is 6.54 Å². The predicted octanol–water partition coefficient (Wildman–Crippen LogP) is 5.54. The van der Waals surface area contributed by atoms with Gasteiger partial charge in [-0.2, -0.15) is 0 Å². The second kappa shape index (κ2) is 22.8. The van der Waals surface area contributed by atoms with Crippen molar-refractivity contribution in [1.82, 2.24) is 0 Å². The summed E-state index contributed by atoms with van der Waals surface area (Å²) < 4.78 is -0.494. The van der Waals surface area contributed by atoms with Crippen LogP contribution in [-0.2, 0) is 14.4 Å². The molecule has 0 aromatic carbocycles. The molecule has 0 atom stereocenters. The number of unbranched alkanes of at least 4 members (excludes halogenated alkanes) is 19. The van der Waals surface area contributed by atoms with Crippen molar-refractivity contribution in [2.24, 2.45) is 0 Å². The van der Waals surface area contributed by atoms with Crippen LogP contribution in [-0.4, -0.2) is 58.8 Å². The molecule has 206 valence electrons. The van der Waals surface area contributed by atoms with E-state index >= 15 is 0 Å². The van der Waals surface area contributed by atoms with Gasteiger partial charge < -0.3 is 24.6 Å². The van der Waals surface area contributed by atoms with Crippen LogP contribution in [0.1, 0.15) is 135 Å². The van der Waals surface area contributed by atoms with Gasteiger partial charge in [0.1, 0.15) is 6.54 Å². The molecule has 7 nitrogen and oxygen atoms in total. The van der Waals surface area contributed by atoms with Gasteiger partial charge in [-0.05, 0) is 12.8 Å². The molecule has 0 spiro atoms. The summed E-state index contributed by atoms with van der Waals surface area (Å²) in [6, 6.07) is 0. The lowest BCUT2D eigenvalue weighted by Crippen LogP contribution is -2.59. The lowest BCUT2D eigenvalue weighted by atomic mass is 10.0. The van der Waals surface area contributed by atoms with Crippen molar-refractivity contribution in [2.75, 3.05) is 26.2 Å². The summed E-state index contributed by atoms with van der Waals surface area (Å²) in [5.41, 5.74) is 0. The lowest BCUT2D eigenvalue weighted by molar-refractivity contribution is -0.909. The minimum absolute atomic E-state index is 0.228. The van der Waals surface area contributed by atoms with E-state index in [2.05, 4.69) is 6.92 Å². The van der Waals surface area contributed by atoms with Gasteiger partial charge in [-0.3, -0.25) is 0 Å². The molecule has 0 aromatic rings. The van der Waals surface area contributed by atoms with E-state index in [1.54, 1.807) is 0 Å². The Bertz CT molecular complexity index is 511. The molecule has 35 heavy (non-hydrogen) atoms. The standard InChI is InChI=1S/C28H53NO6/c1-2-3-4-5-6-7-8-9-10-11-12-13-14-15-16-17-18-19-20-21-22-29(23-26(30)31,24-27(32)33)25-28(34)35/h2-25H2,1H3,(H2-,30,31,32,33,34,35). The zero-order valence-corrected chi connectivity index (χ0v) is 22.4. The molecule has 0 saturated carbocycles. The zero-order chi connectivity index (χ0) is 26.2. The largest absolute Gasteiger partial charge is 0.544 e. The van der Waals surface area contributed by atoms with E-state index in [4.69, 9.17) is 10.2 Å². The number of hydrogen-bond acceptors (Lipinski definition) is 4. The molecule has 0 amide bonds. The number of quaternary nitrogens is 1. The van der Waals surface area contributed by atoms with Gasteiger partial charge in [-0.25, -0.2) is 9.59 Å². The molecule has 7 heteroatoms. The first kappa shape index (κ1) is 33.4. The zero-order valence-electron chi connectivity index (χ0n) is 22.4. The predicted molar refractivity (Wildman–Crippen MR) is 138 cm³/mol. The average Bonchev–Trinajstić information content (AvgIpc) is 2.76. The van der Waals surface area contributed by atoms with Crippen molar-refractivity contribution in [3.8, 4) is 0 Å². The van der Waals surface area contributed by atoms with Gasteiger partial charge in [0, 0.05) is 0 Å². The molecule has 0 aliphatic carbocycles. The number of aliphatic carboxylic acids is 3. The van der Waals surface area contributed by atoms with Gasteiger partial charge in [-0.15, -0.1) is 0 Å². The van der Waals surface area contributed by atoms with E-state index < -0.39 is 42.0 Å². The molecule has 0 bridgehead atoms. The number of hydrogen-bond donors (Lipinski definition) is 2. The van der Waals surface area contributed by atoms with Gasteiger partial charge >= 0.3 is 11.9 Å². The van der Waals surface area contributed by atoms with E-state index in [1.165, 1.54) is 103 Å². The molecule has 0 saturated heterocycles. The van der Waals surface area contributed by atoms with Crippen LogP contribution in [0.3, 0.4) is 0 Å². The van der Waals surface area contributed by atoms with Crippen LogP contribution >= 0.6 is 0 Å². The van der Waals surface area contributed by atoms with Crippen molar-refractivity contribution in [2.45, 2.75) is 135 Å². The molecule has 0 unspecified atom stereocenters. The highest BCUT2D eigenvalue weighted by Crippen LogP contribution is 2.16. The first-order valence-electron chi connectivity index (χ1n) is 14.3. The van der Waals surface area contributed by atoms with Crippen molar-refractivity contribution in [3.63, 3.8) is 0 Å². The molecule has 0 aliphatic heterocycles. The maximum Gasteiger partial charge on any atom is 0.359 e. The Kier molecular flexibility index (Phi) is 21.7. The molecule has 0 radical (unpaired) electrons. The highest BCUT2D eigenvalue weighted by molar-refractivity contribution is 5.72. The van der Waals surface area contributed by atoms with Crippen LogP contribution in [0, 0.1) is 0 Å². The maximum absolute atomic E-state index is 11.2. The number of carboxylic acid groups (broad SMARTS) is 3. The topological polar surface area (TPSA) is 115 Å². The molecule has 0 aromatic heterocycles. The Labute approximate surface area is 213 Å². The number of carboxylic acids is 3. The first-order chi connectivity index (χ1) is 16.8. The number of nitrogens with zero attached hydrogens (tertiary/aromatic N) is 1. The summed E-state index contributed by atoms with van der Waals surface area (Å²) in [7, 11) is 0. The minimum Gasteiger partial charge on any atom is -0.544 e. The molecular formula is C28H53NO6. The summed E-state index contributed by atoms with van der Waals surface area (Å²) in [6.45, 7) is 0.877. The highest BCUT2D eigenvalue weighted by atomic mass is 16.4. The van der Waals surface area contributed by atoms with E-state index in [0.717, 1.165) is 19.3 Å². The normalized spacial score (nSPS) is 11.6. The van der Waals surface area contributed by atoms with E-state index in [9.17, 15) is 19.5 Å². The quantitative estimate of drug-likeness (QED) is 0.113. The van der Waals surface area contributed by atoms with Gasteiger partial charge in [0.25, 0.3) is 0 Å². The SMILES string of the molecule is CCCCCCCCCCCCCCCCCCCCCC[N+](CC(=O)[O-])(CC(=O)O)CC(=O)O. The smallest absolute Gasteiger partial charge is 0.359 e. The summed E-state index contributed by atoms with van der Waals surface area (Å²) in [4.78, 5) is 33.4. The third kappa shape index (κ3) is 22.6. The highest BCUT2D eigenvalue weighted by Gasteiger charge is 2.33. The monoisotopic (exact) mass is 499 g/mol. The molecule has 0 fully saturated rings. The van der Waals surface area contributed by atoms with Crippen LogP contribution in [0.15, 0.2) is 0 Å². The van der Waals surface area contributed by atoms with Crippen LogP contribution in [0.4, 0.5) is 0 Å². The summed E-state index contributed by atoms with van der Waals surface area (Å²) in [5.74, 6) is -3.80. The van der Waals surface area contributed by atoms with Crippen molar-refractivity contribution < 1.29 is 34.2 Å². The van der Waals surface area contributed by atoms with Crippen LogP contribution in [0.2, 0.25) is 0 Å². The second-order valence-electron chi connectivity index (χ2n) is 10.4. The van der Waals surface area contributed by atoms with E-state index in [0.29, 0.717) is 6.42 Å². The first-order valence-corrected chi connectivity index (χ1v) is 14.3. The number of carbonyl (C=O) groups is 3. The fourth-order valence-corrected chi connectivity index (χ4v) is 4.96. The average molecular weight is 500 g/mol. The Morgan fingerprint density at radius 2 is 0.800 bits per heavy atom. The third-order valence-corrected chi connectivity index (χ3v) is 6.89. The second-order valence-corrected chi connectivity index (χ2v) is 10.4. The Morgan fingerprint density at radius 1 is 0.514 bits per heavy atom. The maximum atomic E-state index is 11.2. The minimum atomic E-state index is -1.42. The number of rotatable bonds is 27. The van der Waals surface area contributed by atoms with Gasteiger partial charge in [0.2, 0.25) is 0 Å². The van der Waals surface area contributed by atoms with Crippen molar-refractivity contribution in [1.29, 1.82) is 0 Å². The fraction of sp³-hybridized carbons (Fsp3) is 0.893. The summed E-state index contributed by atoms with van der Waals surface area (Å²) in [5, 5.41) is 29.3. The molecule has 2 N–H and O–H groups in total. The van der Waals surface area contributed by atoms with Crippen LogP contribution in [0.5, 0.6) is 0 Å². The fourth-order valence-electron chi connectivity index (χ4n) is 4.96. The van der Waals surface area contributed by atoms with Crippen LogP contribution < -0.4 is 5.11 Å². The Morgan fingerprint density at radius 3 is 1.06 bits per heavy atom. The van der Waals surface area contributed by atoms with Gasteiger partial charge in [0.15, 0.2) is 13.1 Å². The van der Waals surface area contributed by atoms with Crippen molar-refractivity contribution >= 4 is 17.9 Å². The summed E-state index contributed by atoms with van der Waals surface area (Å²) >= 11 is 0. The van der Waals surface area contributed by atoms with Crippen molar-refractivity contribution in [3.05, 3.63) is 0 Å². The third-order valence-electron chi connectivity index (χ3n) is 6.89. The van der Waals surface area contributed by atoms with Crippen LogP contribution in [0.25, 0.3) is 0 Å². The van der Waals surface area contributed by atoms with E-state index in [1.807, 2.05) is 0 Å². The Balaban J connectivity index is 3.65.